The quantitative estimate of drug-likeness (QED) is 0.710. The second kappa shape index (κ2) is 3.68. The monoisotopic (exact) mass is 175 g/mol. The van der Waals surface area contributed by atoms with E-state index in [0.29, 0.717) is 0 Å². The zero-order chi connectivity index (χ0) is 9.10. The van der Waals surface area contributed by atoms with E-state index in [4.69, 9.17) is 4.42 Å². The molecule has 0 spiro atoms. The van der Waals surface area contributed by atoms with Crippen molar-refractivity contribution in [3.05, 3.63) is 23.7 Å². The Hall–Kier alpha value is -1.20. The van der Waals surface area contributed by atoms with E-state index in [-0.39, 0.29) is 0 Å². The van der Waals surface area contributed by atoms with Crippen molar-refractivity contribution < 1.29 is 4.42 Å². The van der Waals surface area contributed by atoms with Gasteiger partial charge in [0.1, 0.15) is 5.76 Å². The van der Waals surface area contributed by atoms with Gasteiger partial charge in [0.2, 0.25) is 0 Å². The minimum absolute atomic E-state index is 0.728. The van der Waals surface area contributed by atoms with Gasteiger partial charge in [0.15, 0.2) is 5.76 Å². The average molecular weight is 175 g/mol. The highest BCUT2D eigenvalue weighted by molar-refractivity contribution is 5.25. The lowest BCUT2D eigenvalue weighted by atomic mass is 10.4. The molecule has 2 rings (SSSR count). The van der Waals surface area contributed by atoms with Crippen LogP contribution >= 0.6 is 0 Å². The highest BCUT2D eigenvalue weighted by Crippen LogP contribution is 2.19. The van der Waals surface area contributed by atoms with Gasteiger partial charge in [-0.15, -0.1) is 0 Å². The van der Waals surface area contributed by atoms with Gasteiger partial charge >= 0.3 is 0 Å². The zero-order valence-corrected chi connectivity index (χ0v) is 7.76. The molecular formula is C11H13NO. The average Bonchev–Trinajstić information content (AvgIpc) is 2.85. The number of rotatable bonds is 3. The molecule has 1 N–H and O–H groups in total. The van der Waals surface area contributed by atoms with E-state index in [1.165, 1.54) is 12.8 Å². The number of hydrogen-bond acceptors (Lipinski definition) is 2. The molecule has 1 fully saturated rings. The SMILES string of the molecule is CC#Cc1ccc(CNC2CC2)o1. The van der Waals surface area contributed by atoms with Crippen LogP contribution in [0.3, 0.4) is 0 Å². The number of hydrogen-bond donors (Lipinski definition) is 1. The van der Waals surface area contributed by atoms with Crippen LogP contribution in [0.15, 0.2) is 16.5 Å². The Morgan fingerprint density at radius 3 is 3.08 bits per heavy atom. The third kappa shape index (κ3) is 2.37. The van der Waals surface area contributed by atoms with Crippen LogP contribution in [0.25, 0.3) is 0 Å². The van der Waals surface area contributed by atoms with E-state index in [9.17, 15) is 0 Å². The van der Waals surface area contributed by atoms with Gasteiger partial charge in [0, 0.05) is 6.04 Å². The third-order valence-corrected chi connectivity index (χ3v) is 2.05. The maximum atomic E-state index is 5.47. The first-order chi connectivity index (χ1) is 6.38. The molecule has 0 aliphatic heterocycles. The largest absolute Gasteiger partial charge is 0.451 e. The van der Waals surface area contributed by atoms with E-state index in [0.717, 1.165) is 24.1 Å². The second-order valence-electron chi connectivity index (χ2n) is 3.30. The molecule has 13 heavy (non-hydrogen) atoms. The van der Waals surface area contributed by atoms with E-state index in [2.05, 4.69) is 17.2 Å². The van der Waals surface area contributed by atoms with Crippen LogP contribution in [0.4, 0.5) is 0 Å². The fourth-order valence-corrected chi connectivity index (χ4v) is 1.20. The molecule has 1 saturated carbocycles. The van der Waals surface area contributed by atoms with Crippen molar-refractivity contribution in [3.63, 3.8) is 0 Å². The first-order valence-corrected chi connectivity index (χ1v) is 4.63. The van der Waals surface area contributed by atoms with Crippen LogP contribution in [0.2, 0.25) is 0 Å². The van der Waals surface area contributed by atoms with Gasteiger partial charge in [-0.25, -0.2) is 0 Å². The summed E-state index contributed by atoms with van der Waals surface area (Å²) in [4.78, 5) is 0. The van der Waals surface area contributed by atoms with Gasteiger partial charge in [-0.2, -0.15) is 0 Å². The molecule has 68 valence electrons. The number of furan rings is 1. The lowest BCUT2D eigenvalue weighted by Crippen LogP contribution is -2.14. The Morgan fingerprint density at radius 2 is 2.38 bits per heavy atom. The van der Waals surface area contributed by atoms with Crippen LogP contribution in [0, 0.1) is 11.8 Å². The molecule has 0 bridgehead atoms. The van der Waals surface area contributed by atoms with Crippen LogP contribution in [-0.4, -0.2) is 6.04 Å². The van der Waals surface area contributed by atoms with Gasteiger partial charge in [0.05, 0.1) is 6.54 Å². The molecule has 0 saturated heterocycles. The van der Waals surface area contributed by atoms with E-state index >= 15 is 0 Å². The van der Waals surface area contributed by atoms with Crippen molar-refractivity contribution in [2.75, 3.05) is 0 Å². The fraction of sp³-hybridized carbons (Fsp3) is 0.455. The molecule has 0 atom stereocenters. The summed E-state index contributed by atoms with van der Waals surface area (Å²) in [5.41, 5.74) is 0. The lowest BCUT2D eigenvalue weighted by molar-refractivity contribution is 0.474. The summed E-state index contributed by atoms with van der Waals surface area (Å²) in [7, 11) is 0. The van der Waals surface area contributed by atoms with Gasteiger partial charge in [-0.1, -0.05) is 5.92 Å². The minimum atomic E-state index is 0.728. The fourth-order valence-electron chi connectivity index (χ4n) is 1.20. The highest BCUT2D eigenvalue weighted by Gasteiger charge is 2.20. The standard InChI is InChI=1S/C11H13NO/c1-2-3-10-6-7-11(13-10)8-12-9-4-5-9/h6-7,9,12H,4-5,8H2,1H3. The predicted molar refractivity (Wildman–Crippen MR) is 51.1 cm³/mol. The summed E-state index contributed by atoms with van der Waals surface area (Å²) in [5.74, 6) is 7.43. The van der Waals surface area contributed by atoms with Crippen molar-refractivity contribution in [3.8, 4) is 11.8 Å². The molecule has 2 nitrogen and oxygen atoms in total. The molecule has 1 aliphatic rings. The molecular weight excluding hydrogens is 162 g/mol. The maximum Gasteiger partial charge on any atom is 0.177 e. The van der Waals surface area contributed by atoms with Crippen LogP contribution in [-0.2, 0) is 6.54 Å². The van der Waals surface area contributed by atoms with Crippen LogP contribution < -0.4 is 5.32 Å². The molecule has 1 aromatic heterocycles. The van der Waals surface area contributed by atoms with Gasteiger partial charge in [-0.3, -0.25) is 0 Å². The van der Waals surface area contributed by atoms with Gasteiger partial charge in [0.25, 0.3) is 0 Å². The Balaban J connectivity index is 1.90. The zero-order valence-electron chi connectivity index (χ0n) is 7.76. The van der Waals surface area contributed by atoms with Crippen molar-refractivity contribution >= 4 is 0 Å². The van der Waals surface area contributed by atoms with Gasteiger partial charge < -0.3 is 9.73 Å². The highest BCUT2D eigenvalue weighted by atomic mass is 16.3. The normalized spacial score (nSPS) is 15.2. The molecule has 0 radical (unpaired) electrons. The summed E-state index contributed by atoms with van der Waals surface area (Å²) in [6.45, 7) is 2.64. The summed E-state index contributed by atoms with van der Waals surface area (Å²) in [5, 5.41) is 3.39. The molecule has 0 aromatic carbocycles. The predicted octanol–water partition coefficient (Wildman–Crippen LogP) is 1.90. The molecule has 2 heteroatoms. The van der Waals surface area contributed by atoms with Crippen molar-refractivity contribution in [2.45, 2.75) is 32.4 Å². The van der Waals surface area contributed by atoms with Gasteiger partial charge in [-0.05, 0) is 37.8 Å². The topological polar surface area (TPSA) is 25.2 Å². The Labute approximate surface area is 78.3 Å². The Kier molecular flexibility index (Phi) is 2.37. The minimum Gasteiger partial charge on any atom is -0.451 e. The molecule has 1 aromatic rings. The van der Waals surface area contributed by atoms with E-state index in [1.807, 2.05) is 19.1 Å². The first-order valence-electron chi connectivity index (χ1n) is 4.63. The van der Waals surface area contributed by atoms with Crippen molar-refractivity contribution in [1.29, 1.82) is 0 Å². The molecule has 0 amide bonds. The van der Waals surface area contributed by atoms with E-state index < -0.39 is 0 Å². The maximum absolute atomic E-state index is 5.47. The smallest absolute Gasteiger partial charge is 0.177 e. The van der Waals surface area contributed by atoms with E-state index in [1.54, 1.807) is 0 Å². The summed E-state index contributed by atoms with van der Waals surface area (Å²) >= 11 is 0. The Morgan fingerprint density at radius 1 is 1.54 bits per heavy atom. The summed E-state index contributed by atoms with van der Waals surface area (Å²) < 4.78 is 5.47. The van der Waals surface area contributed by atoms with Crippen molar-refractivity contribution in [2.24, 2.45) is 0 Å². The summed E-state index contributed by atoms with van der Waals surface area (Å²) in [6.07, 6.45) is 2.62. The second-order valence-corrected chi connectivity index (χ2v) is 3.30. The summed E-state index contributed by atoms with van der Waals surface area (Å²) in [6, 6.07) is 4.63. The molecule has 0 unspecified atom stereocenters. The molecule has 1 aliphatic carbocycles. The van der Waals surface area contributed by atoms with Crippen molar-refractivity contribution in [1.82, 2.24) is 5.32 Å². The number of nitrogens with one attached hydrogen (secondary N) is 1. The third-order valence-electron chi connectivity index (χ3n) is 2.05. The van der Waals surface area contributed by atoms with Crippen LogP contribution in [0.5, 0.6) is 0 Å². The van der Waals surface area contributed by atoms with Crippen LogP contribution in [0.1, 0.15) is 31.3 Å². The Bertz CT molecular complexity index is 338. The lowest BCUT2D eigenvalue weighted by Gasteiger charge is -1.96. The molecule has 1 heterocycles. The first kappa shape index (κ1) is 8.40.